The second kappa shape index (κ2) is 5.98. The number of nitrogens with one attached hydrogen (secondary N) is 1. The van der Waals surface area contributed by atoms with Gasteiger partial charge in [0.25, 0.3) is 5.91 Å². The number of alkyl halides is 3. The van der Waals surface area contributed by atoms with E-state index in [4.69, 9.17) is 0 Å². The number of hydrogen-bond donors (Lipinski definition) is 1. The van der Waals surface area contributed by atoms with Crippen molar-refractivity contribution in [2.24, 2.45) is 7.05 Å². The van der Waals surface area contributed by atoms with Crippen LogP contribution in [0.5, 0.6) is 0 Å². The Balaban J connectivity index is 2.25. The zero-order chi connectivity index (χ0) is 16.5. The van der Waals surface area contributed by atoms with Crippen LogP contribution < -0.4 is 5.32 Å². The molecule has 2 heterocycles. The molecule has 0 radical (unpaired) electrons. The number of hydrogen-bond acceptors (Lipinski definition) is 3. The molecular formula is C13H17F3N4O2. The smallest absolute Gasteiger partial charge is 0.352 e. The molecule has 1 aliphatic heterocycles. The molecule has 1 aliphatic rings. The summed E-state index contributed by atoms with van der Waals surface area (Å²) in [4.78, 5) is 24.3. The van der Waals surface area contributed by atoms with Crippen molar-refractivity contribution in [3.8, 4) is 0 Å². The fourth-order valence-corrected chi connectivity index (χ4v) is 2.67. The summed E-state index contributed by atoms with van der Waals surface area (Å²) in [5, 5.41) is 6.38. The van der Waals surface area contributed by atoms with Crippen LogP contribution in [0.25, 0.3) is 0 Å². The van der Waals surface area contributed by atoms with E-state index in [1.807, 2.05) is 0 Å². The number of aryl methyl sites for hydroxylation is 1. The van der Waals surface area contributed by atoms with Crippen molar-refractivity contribution in [3.63, 3.8) is 0 Å². The molecule has 1 aromatic heterocycles. The first-order valence-corrected chi connectivity index (χ1v) is 6.83. The number of nitrogens with zero attached hydrogens (tertiary/aromatic N) is 3. The third-order valence-corrected chi connectivity index (χ3v) is 3.67. The number of rotatable bonds is 2. The fraction of sp³-hybridized carbons (Fsp3) is 0.615. The van der Waals surface area contributed by atoms with Gasteiger partial charge in [0.2, 0.25) is 5.91 Å². The van der Waals surface area contributed by atoms with E-state index >= 15 is 0 Å². The van der Waals surface area contributed by atoms with E-state index < -0.39 is 24.2 Å². The molecule has 9 heteroatoms. The highest BCUT2D eigenvalue weighted by Crippen LogP contribution is 2.32. The summed E-state index contributed by atoms with van der Waals surface area (Å²) in [6.45, 7) is 1.12. The highest BCUT2D eigenvalue weighted by molar-refractivity contribution is 5.93. The Morgan fingerprint density at radius 3 is 2.55 bits per heavy atom. The molecule has 1 N–H and O–H groups in total. The molecule has 0 aliphatic carbocycles. The maximum Gasteiger partial charge on any atom is 0.408 e. The van der Waals surface area contributed by atoms with Crippen molar-refractivity contribution in [3.05, 3.63) is 18.0 Å². The van der Waals surface area contributed by atoms with E-state index in [0.717, 1.165) is 4.90 Å². The van der Waals surface area contributed by atoms with Crippen LogP contribution in [-0.2, 0) is 11.8 Å². The summed E-state index contributed by atoms with van der Waals surface area (Å²) >= 11 is 0. The van der Waals surface area contributed by atoms with Crippen molar-refractivity contribution in [2.45, 2.75) is 38.0 Å². The second-order valence-electron chi connectivity index (χ2n) is 5.33. The number of aromatic nitrogens is 2. The van der Waals surface area contributed by atoms with Crippen molar-refractivity contribution in [2.75, 3.05) is 6.54 Å². The molecule has 1 saturated heterocycles. The first kappa shape index (κ1) is 16.3. The minimum Gasteiger partial charge on any atom is -0.352 e. The van der Waals surface area contributed by atoms with E-state index in [-0.39, 0.29) is 31.0 Å². The van der Waals surface area contributed by atoms with Crippen LogP contribution in [0.15, 0.2) is 12.3 Å². The van der Waals surface area contributed by atoms with Crippen molar-refractivity contribution in [1.29, 1.82) is 0 Å². The molecule has 2 atom stereocenters. The third-order valence-electron chi connectivity index (χ3n) is 3.67. The lowest BCUT2D eigenvalue weighted by Gasteiger charge is -2.40. The summed E-state index contributed by atoms with van der Waals surface area (Å²) in [7, 11) is 1.49. The molecule has 0 bridgehead atoms. The summed E-state index contributed by atoms with van der Waals surface area (Å²) in [5.74, 6) is -1.07. The molecule has 0 unspecified atom stereocenters. The molecule has 122 valence electrons. The van der Waals surface area contributed by atoms with Gasteiger partial charge in [-0.25, -0.2) is 0 Å². The van der Waals surface area contributed by atoms with Gasteiger partial charge < -0.3 is 10.2 Å². The van der Waals surface area contributed by atoms with E-state index in [2.05, 4.69) is 10.4 Å². The van der Waals surface area contributed by atoms with Gasteiger partial charge in [-0.2, -0.15) is 18.3 Å². The van der Waals surface area contributed by atoms with Crippen LogP contribution in [0.4, 0.5) is 13.2 Å². The summed E-state index contributed by atoms with van der Waals surface area (Å²) in [6.07, 6.45) is -3.21. The average molecular weight is 318 g/mol. The molecule has 0 spiro atoms. The lowest BCUT2D eigenvalue weighted by atomic mass is 9.97. The monoisotopic (exact) mass is 318 g/mol. The van der Waals surface area contributed by atoms with Crippen LogP contribution in [0.1, 0.15) is 30.3 Å². The minimum absolute atomic E-state index is 0.0812. The van der Waals surface area contributed by atoms with Gasteiger partial charge in [-0.05, 0) is 18.9 Å². The molecular weight excluding hydrogens is 301 g/mol. The number of likely N-dealkylation sites (tertiary alicyclic amines) is 1. The van der Waals surface area contributed by atoms with E-state index in [9.17, 15) is 22.8 Å². The van der Waals surface area contributed by atoms with Gasteiger partial charge in [-0.3, -0.25) is 14.3 Å². The van der Waals surface area contributed by atoms with Gasteiger partial charge in [0.15, 0.2) is 0 Å². The Kier molecular flexibility index (Phi) is 4.43. The number of piperidine rings is 1. The van der Waals surface area contributed by atoms with Crippen molar-refractivity contribution >= 4 is 11.8 Å². The van der Waals surface area contributed by atoms with Gasteiger partial charge in [0.05, 0.1) is 0 Å². The molecule has 1 fully saturated rings. The highest BCUT2D eigenvalue weighted by atomic mass is 19.4. The van der Waals surface area contributed by atoms with Crippen molar-refractivity contribution in [1.82, 2.24) is 20.0 Å². The molecule has 1 aromatic rings. The quantitative estimate of drug-likeness (QED) is 0.888. The zero-order valence-corrected chi connectivity index (χ0v) is 12.2. The summed E-state index contributed by atoms with van der Waals surface area (Å²) in [6, 6.07) is -0.953. The number of halogens is 3. The minimum atomic E-state index is -4.50. The molecule has 2 amide bonds. The lowest BCUT2D eigenvalue weighted by molar-refractivity contribution is -0.184. The van der Waals surface area contributed by atoms with Gasteiger partial charge >= 0.3 is 6.18 Å². The lowest BCUT2D eigenvalue weighted by Crippen LogP contribution is -2.58. The summed E-state index contributed by atoms with van der Waals surface area (Å²) < 4.78 is 40.8. The van der Waals surface area contributed by atoms with Crippen LogP contribution in [0.2, 0.25) is 0 Å². The maximum atomic E-state index is 13.2. The SMILES string of the molecule is CC(=O)N[C@@H]1CC[C@H](C(F)(F)F)N(C(=O)c2ccnn2C)C1. The fourth-order valence-electron chi connectivity index (χ4n) is 2.67. The largest absolute Gasteiger partial charge is 0.408 e. The Morgan fingerprint density at radius 2 is 2.05 bits per heavy atom. The van der Waals surface area contributed by atoms with Crippen LogP contribution in [0, 0.1) is 0 Å². The third kappa shape index (κ3) is 3.40. The predicted molar refractivity (Wildman–Crippen MR) is 70.9 cm³/mol. The highest BCUT2D eigenvalue weighted by Gasteiger charge is 2.48. The number of carbonyl (C=O) groups is 2. The van der Waals surface area contributed by atoms with Gasteiger partial charge in [-0.15, -0.1) is 0 Å². The van der Waals surface area contributed by atoms with Crippen LogP contribution in [-0.4, -0.2) is 51.3 Å². The second-order valence-corrected chi connectivity index (χ2v) is 5.33. The first-order valence-electron chi connectivity index (χ1n) is 6.83. The molecule has 0 aromatic carbocycles. The number of amides is 2. The predicted octanol–water partition coefficient (Wildman–Crippen LogP) is 1.09. The van der Waals surface area contributed by atoms with Gasteiger partial charge in [0.1, 0.15) is 11.7 Å². The molecule has 0 saturated carbocycles. The Bertz CT molecular complexity index is 570. The molecule has 2 rings (SSSR count). The maximum absolute atomic E-state index is 13.2. The van der Waals surface area contributed by atoms with Crippen LogP contribution >= 0.6 is 0 Å². The zero-order valence-electron chi connectivity index (χ0n) is 12.2. The van der Waals surface area contributed by atoms with E-state index in [1.165, 1.54) is 30.9 Å². The Labute approximate surface area is 125 Å². The van der Waals surface area contributed by atoms with Gasteiger partial charge in [-0.1, -0.05) is 0 Å². The van der Waals surface area contributed by atoms with Crippen molar-refractivity contribution < 1.29 is 22.8 Å². The normalized spacial score (nSPS) is 22.5. The Morgan fingerprint density at radius 1 is 1.36 bits per heavy atom. The summed E-state index contributed by atoms with van der Waals surface area (Å²) in [5.41, 5.74) is 0.0812. The van der Waals surface area contributed by atoms with E-state index in [0.29, 0.717) is 0 Å². The van der Waals surface area contributed by atoms with Crippen LogP contribution in [0.3, 0.4) is 0 Å². The standard InChI is InChI=1S/C13H17F3N4O2/c1-8(21)18-9-3-4-11(13(14,15)16)20(7-9)12(22)10-5-6-17-19(10)2/h5-6,9,11H,3-4,7H2,1-2H3,(H,18,21)/t9-,11-/m1/s1. The van der Waals surface area contributed by atoms with E-state index in [1.54, 1.807) is 0 Å². The topological polar surface area (TPSA) is 67.2 Å². The molecule has 22 heavy (non-hydrogen) atoms. The number of carbonyl (C=O) groups excluding carboxylic acids is 2. The molecule has 6 nitrogen and oxygen atoms in total. The first-order chi connectivity index (χ1) is 10.2. The van der Waals surface area contributed by atoms with Gasteiger partial charge in [0, 0.05) is 32.8 Å². The Hall–Kier alpha value is -2.06. The average Bonchev–Trinajstić information content (AvgIpc) is 2.82.